The molecule has 2 amide bonds. The van der Waals surface area contributed by atoms with Gasteiger partial charge >= 0.3 is 6.03 Å². The van der Waals surface area contributed by atoms with E-state index in [1.807, 2.05) is 12.1 Å². The van der Waals surface area contributed by atoms with Crippen molar-refractivity contribution in [3.05, 3.63) is 28.2 Å². The summed E-state index contributed by atoms with van der Waals surface area (Å²) in [7, 11) is 3.59. The molecule has 2 aliphatic rings. The highest BCUT2D eigenvalue weighted by molar-refractivity contribution is 6.43. The van der Waals surface area contributed by atoms with Crippen LogP contribution in [-0.2, 0) is 0 Å². The molecule has 30 heavy (non-hydrogen) atoms. The van der Waals surface area contributed by atoms with Crippen LogP contribution in [0.2, 0.25) is 10.0 Å². The molecule has 9 heteroatoms. The average Bonchev–Trinajstić information content (AvgIpc) is 2.70. The molecule has 0 bridgehead atoms. The molecule has 0 radical (unpaired) electrons. The number of halogens is 4. The van der Waals surface area contributed by atoms with Crippen LogP contribution in [0.25, 0.3) is 0 Å². The molecule has 0 aromatic heterocycles. The van der Waals surface area contributed by atoms with Gasteiger partial charge in [0.2, 0.25) is 0 Å². The van der Waals surface area contributed by atoms with Crippen molar-refractivity contribution in [3.8, 4) is 0 Å². The molecule has 0 spiro atoms. The zero-order chi connectivity index (χ0) is 20.1. The SMILES string of the molecule is CN(C)C(=O)NC1CCC(CCN2CCN(c3cccc(Cl)c3Cl)CC2)CC1.Cl.Cl. The Morgan fingerprint density at radius 3 is 2.30 bits per heavy atom. The Labute approximate surface area is 203 Å². The molecule has 1 N–H and O–H groups in total. The maximum Gasteiger partial charge on any atom is 0.317 e. The van der Waals surface area contributed by atoms with Crippen LogP contribution in [-0.4, -0.2) is 68.7 Å². The molecule has 1 heterocycles. The first kappa shape index (κ1) is 27.4. The number of nitrogens with one attached hydrogen (secondary N) is 1. The Morgan fingerprint density at radius 1 is 1.07 bits per heavy atom. The van der Waals surface area contributed by atoms with Crippen molar-refractivity contribution in [2.45, 2.75) is 38.1 Å². The molecule has 5 nitrogen and oxygen atoms in total. The monoisotopic (exact) mass is 498 g/mol. The van der Waals surface area contributed by atoms with E-state index in [1.165, 1.54) is 19.3 Å². The zero-order valence-electron chi connectivity index (χ0n) is 17.8. The van der Waals surface area contributed by atoms with Gasteiger partial charge in [0.1, 0.15) is 0 Å². The lowest BCUT2D eigenvalue weighted by atomic mass is 9.84. The molecule has 1 aliphatic heterocycles. The second-order valence-electron chi connectivity index (χ2n) is 8.25. The number of amides is 2. The van der Waals surface area contributed by atoms with Crippen molar-refractivity contribution in [1.29, 1.82) is 0 Å². The van der Waals surface area contributed by atoms with Gasteiger partial charge in [-0.05, 0) is 56.7 Å². The number of carbonyl (C=O) groups is 1. The number of rotatable bonds is 5. The average molecular weight is 500 g/mol. The summed E-state index contributed by atoms with van der Waals surface area (Å²) < 4.78 is 0. The third-order valence-corrected chi connectivity index (χ3v) is 6.89. The normalized spacial score (nSPS) is 21.9. The van der Waals surface area contributed by atoms with Crippen LogP contribution in [0.3, 0.4) is 0 Å². The van der Waals surface area contributed by atoms with E-state index in [-0.39, 0.29) is 30.8 Å². The fourth-order valence-electron chi connectivity index (χ4n) is 4.21. The molecule has 0 atom stereocenters. The maximum atomic E-state index is 11.8. The minimum absolute atomic E-state index is 0. The molecular weight excluding hydrogens is 466 g/mol. The first-order valence-corrected chi connectivity index (χ1v) is 11.1. The summed E-state index contributed by atoms with van der Waals surface area (Å²) in [5.74, 6) is 0.785. The molecule has 1 aromatic rings. The van der Waals surface area contributed by atoms with E-state index in [1.54, 1.807) is 19.0 Å². The highest BCUT2D eigenvalue weighted by atomic mass is 35.5. The van der Waals surface area contributed by atoms with Gasteiger partial charge in [0.05, 0.1) is 15.7 Å². The Morgan fingerprint density at radius 2 is 1.70 bits per heavy atom. The van der Waals surface area contributed by atoms with Gasteiger partial charge in [0.15, 0.2) is 0 Å². The standard InChI is InChI=1S/C21H32Cl2N4O.2ClH/c1-25(2)21(28)24-17-8-6-16(7-9-17)10-11-26-12-14-27(15-13-26)19-5-3-4-18(22)20(19)23;;/h3-5,16-17H,6-15H2,1-2H3,(H,24,28);2*1H. The zero-order valence-corrected chi connectivity index (χ0v) is 20.9. The minimum Gasteiger partial charge on any atom is -0.368 e. The summed E-state index contributed by atoms with van der Waals surface area (Å²) in [5.41, 5.74) is 1.05. The highest BCUT2D eigenvalue weighted by Crippen LogP contribution is 2.33. The van der Waals surface area contributed by atoms with Crippen molar-refractivity contribution >= 4 is 59.7 Å². The number of anilines is 1. The fraction of sp³-hybridized carbons (Fsp3) is 0.667. The van der Waals surface area contributed by atoms with Crippen LogP contribution in [0.1, 0.15) is 32.1 Å². The van der Waals surface area contributed by atoms with Crippen LogP contribution in [0.15, 0.2) is 18.2 Å². The van der Waals surface area contributed by atoms with E-state index in [2.05, 4.69) is 21.2 Å². The number of hydrogen-bond acceptors (Lipinski definition) is 3. The summed E-state index contributed by atoms with van der Waals surface area (Å²) in [6, 6.07) is 6.23. The van der Waals surface area contributed by atoms with Crippen LogP contribution in [0.4, 0.5) is 10.5 Å². The second-order valence-corrected chi connectivity index (χ2v) is 9.04. The molecule has 172 valence electrons. The number of nitrogens with zero attached hydrogens (tertiary/aromatic N) is 3. The Kier molecular flexibility index (Phi) is 12.0. The number of urea groups is 1. The Bertz CT molecular complexity index is 660. The summed E-state index contributed by atoms with van der Waals surface area (Å²) in [6.45, 7) is 5.28. The smallest absolute Gasteiger partial charge is 0.317 e. The molecule has 0 unspecified atom stereocenters. The summed E-state index contributed by atoms with van der Waals surface area (Å²) in [6.07, 6.45) is 5.90. The third-order valence-electron chi connectivity index (χ3n) is 6.08. The predicted octanol–water partition coefficient (Wildman–Crippen LogP) is 5.18. The number of carbonyl (C=O) groups excluding carboxylic acids is 1. The highest BCUT2D eigenvalue weighted by Gasteiger charge is 2.24. The largest absolute Gasteiger partial charge is 0.368 e. The Balaban J connectivity index is 0.00000225. The molecule has 1 aromatic carbocycles. The van der Waals surface area contributed by atoms with E-state index in [0.29, 0.717) is 16.1 Å². The van der Waals surface area contributed by atoms with Gasteiger partial charge in [-0.15, -0.1) is 24.8 Å². The van der Waals surface area contributed by atoms with Crippen molar-refractivity contribution in [3.63, 3.8) is 0 Å². The van der Waals surface area contributed by atoms with Crippen molar-refractivity contribution in [2.75, 3.05) is 51.7 Å². The topological polar surface area (TPSA) is 38.8 Å². The van der Waals surface area contributed by atoms with Gasteiger partial charge in [-0.2, -0.15) is 0 Å². The van der Waals surface area contributed by atoms with E-state index in [0.717, 1.165) is 57.2 Å². The summed E-state index contributed by atoms with van der Waals surface area (Å²) in [4.78, 5) is 18.3. The number of benzene rings is 1. The van der Waals surface area contributed by atoms with Gasteiger partial charge in [-0.3, -0.25) is 4.90 Å². The number of piperazine rings is 1. The van der Waals surface area contributed by atoms with Gasteiger partial charge in [-0.1, -0.05) is 29.3 Å². The molecule has 3 rings (SSSR count). The summed E-state index contributed by atoms with van der Waals surface area (Å²) >= 11 is 12.5. The molecule has 1 saturated carbocycles. The molecule has 1 aliphatic carbocycles. The van der Waals surface area contributed by atoms with Crippen LogP contribution < -0.4 is 10.2 Å². The van der Waals surface area contributed by atoms with Crippen LogP contribution in [0, 0.1) is 5.92 Å². The lowest BCUT2D eigenvalue weighted by molar-refractivity contribution is 0.194. The van der Waals surface area contributed by atoms with Crippen molar-refractivity contribution in [1.82, 2.24) is 15.1 Å². The lowest BCUT2D eigenvalue weighted by Crippen LogP contribution is -2.47. The van der Waals surface area contributed by atoms with E-state index >= 15 is 0 Å². The van der Waals surface area contributed by atoms with Gasteiger partial charge in [-0.25, -0.2) is 4.79 Å². The van der Waals surface area contributed by atoms with Crippen LogP contribution >= 0.6 is 48.0 Å². The quantitative estimate of drug-likeness (QED) is 0.606. The molecule has 2 fully saturated rings. The number of hydrogen-bond donors (Lipinski definition) is 1. The summed E-state index contributed by atoms with van der Waals surface area (Å²) in [5, 5.41) is 4.41. The molecule has 1 saturated heterocycles. The first-order chi connectivity index (χ1) is 13.4. The lowest BCUT2D eigenvalue weighted by Gasteiger charge is -2.37. The Hall–Kier alpha value is -0.590. The van der Waals surface area contributed by atoms with Gasteiger partial charge < -0.3 is 15.1 Å². The molecular formula is C21H34Cl4N4O. The van der Waals surface area contributed by atoms with Gasteiger partial charge in [0.25, 0.3) is 0 Å². The predicted molar refractivity (Wildman–Crippen MR) is 132 cm³/mol. The minimum atomic E-state index is 0. The third kappa shape index (κ3) is 7.52. The first-order valence-electron chi connectivity index (χ1n) is 10.3. The van der Waals surface area contributed by atoms with E-state index < -0.39 is 0 Å². The van der Waals surface area contributed by atoms with E-state index in [4.69, 9.17) is 23.2 Å². The maximum absolute atomic E-state index is 11.8. The fourth-order valence-corrected chi connectivity index (χ4v) is 4.63. The second kappa shape index (κ2) is 13.1. The van der Waals surface area contributed by atoms with Crippen molar-refractivity contribution in [2.24, 2.45) is 5.92 Å². The van der Waals surface area contributed by atoms with Crippen molar-refractivity contribution < 1.29 is 4.79 Å². The van der Waals surface area contributed by atoms with Gasteiger partial charge in [0, 0.05) is 46.3 Å². The van der Waals surface area contributed by atoms with E-state index in [9.17, 15) is 4.79 Å². The van der Waals surface area contributed by atoms with Crippen LogP contribution in [0.5, 0.6) is 0 Å².